The van der Waals surface area contributed by atoms with Crippen molar-refractivity contribution in [3.05, 3.63) is 47.5 Å². The average molecular weight is 206 g/mol. The van der Waals surface area contributed by atoms with Gasteiger partial charge in [0.05, 0.1) is 18.0 Å². The molecule has 78 valence electrons. The summed E-state index contributed by atoms with van der Waals surface area (Å²) < 4.78 is 14.5. The summed E-state index contributed by atoms with van der Waals surface area (Å²) >= 11 is 0. The predicted molar refractivity (Wildman–Crippen MR) is 54.2 cm³/mol. The van der Waals surface area contributed by atoms with Crippen molar-refractivity contribution in [2.24, 2.45) is 0 Å². The second-order valence-electron chi connectivity index (χ2n) is 3.33. The van der Waals surface area contributed by atoms with Gasteiger partial charge in [0.2, 0.25) is 0 Å². The van der Waals surface area contributed by atoms with Gasteiger partial charge in [-0.2, -0.15) is 5.10 Å². The predicted octanol–water partition coefficient (Wildman–Crippen LogP) is 1.81. The minimum Gasteiger partial charge on any atom is -0.392 e. The third-order valence-corrected chi connectivity index (χ3v) is 2.18. The fraction of sp³-hybridized carbons (Fsp3) is 0.182. The highest BCUT2D eigenvalue weighted by atomic mass is 19.1. The van der Waals surface area contributed by atoms with Crippen LogP contribution in [-0.4, -0.2) is 14.9 Å². The van der Waals surface area contributed by atoms with Crippen LogP contribution < -0.4 is 0 Å². The molecule has 2 aromatic rings. The van der Waals surface area contributed by atoms with Crippen LogP contribution in [0.25, 0.3) is 5.69 Å². The number of aromatic nitrogens is 2. The first-order chi connectivity index (χ1) is 7.20. The first-order valence-electron chi connectivity index (χ1n) is 4.62. The Morgan fingerprint density at radius 3 is 2.80 bits per heavy atom. The summed E-state index contributed by atoms with van der Waals surface area (Å²) in [7, 11) is 0. The zero-order valence-electron chi connectivity index (χ0n) is 8.31. The Balaban J connectivity index is 2.52. The lowest BCUT2D eigenvalue weighted by atomic mass is 10.2. The van der Waals surface area contributed by atoms with Gasteiger partial charge in [-0.25, -0.2) is 9.07 Å². The first kappa shape index (κ1) is 9.86. The Morgan fingerprint density at radius 1 is 1.40 bits per heavy atom. The van der Waals surface area contributed by atoms with Crippen LogP contribution in [0.4, 0.5) is 4.39 Å². The Kier molecular flexibility index (Phi) is 2.51. The van der Waals surface area contributed by atoms with Gasteiger partial charge in [-0.3, -0.25) is 0 Å². The van der Waals surface area contributed by atoms with E-state index in [2.05, 4.69) is 5.10 Å². The molecule has 1 N–H and O–H groups in total. The Hall–Kier alpha value is -1.68. The number of hydrogen-bond donors (Lipinski definition) is 1. The van der Waals surface area contributed by atoms with Crippen LogP contribution in [-0.2, 0) is 6.61 Å². The summed E-state index contributed by atoms with van der Waals surface area (Å²) in [6, 6.07) is 6.12. The largest absolute Gasteiger partial charge is 0.392 e. The third kappa shape index (κ3) is 1.89. The molecule has 0 aliphatic heterocycles. The maximum Gasteiger partial charge on any atom is 0.123 e. The lowest BCUT2D eigenvalue weighted by molar-refractivity contribution is 0.280. The van der Waals surface area contributed by atoms with Crippen molar-refractivity contribution in [2.45, 2.75) is 13.5 Å². The van der Waals surface area contributed by atoms with Crippen LogP contribution in [0.1, 0.15) is 11.3 Å². The molecule has 1 aromatic heterocycles. The van der Waals surface area contributed by atoms with E-state index >= 15 is 0 Å². The molecule has 0 spiro atoms. The Bertz CT molecular complexity index is 479. The summed E-state index contributed by atoms with van der Waals surface area (Å²) in [5.41, 5.74) is 2.10. The van der Waals surface area contributed by atoms with E-state index in [1.165, 1.54) is 12.1 Å². The number of aliphatic hydroxyl groups is 1. The maximum atomic E-state index is 12.9. The van der Waals surface area contributed by atoms with Crippen molar-refractivity contribution in [3.63, 3.8) is 0 Å². The number of nitrogens with zero attached hydrogens (tertiary/aromatic N) is 2. The van der Waals surface area contributed by atoms with E-state index in [-0.39, 0.29) is 12.4 Å². The smallest absolute Gasteiger partial charge is 0.123 e. The van der Waals surface area contributed by atoms with Gasteiger partial charge in [0.1, 0.15) is 5.82 Å². The number of rotatable bonds is 2. The van der Waals surface area contributed by atoms with Crippen LogP contribution in [0.3, 0.4) is 0 Å². The van der Waals surface area contributed by atoms with Gasteiger partial charge in [-0.15, -0.1) is 0 Å². The molecule has 0 bridgehead atoms. The van der Waals surface area contributed by atoms with Gasteiger partial charge in [-0.1, -0.05) is 0 Å². The topological polar surface area (TPSA) is 38.0 Å². The number of aryl methyl sites for hydroxylation is 1. The summed E-state index contributed by atoms with van der Waals surface area (Å²) in [6.45, 7) is 1.67. The molecule has 0 fully saturated rings. The zero-order valence-corrected chi connectivity index (χ0v) is 8.31. The molecular formula is C11H11FN2O. The number of hydrogen-bond acceptors (Lipinski definition) is 2. The molecule has 0 unspecified atom stereocenters. The summed E-state index contributed by atoms with van der Waals surface area (Å²) in [5.74, 6) is -0.355. The van der Waals surface area contributed by atoms with Crippen molar-refractivity contribution < 1.29 is 9.50 Å². The molecule has 4 heteroatoms. The second-order valence-corrected chi connectivity index (χ2v) is 3.33. The van der Waals surface area contributed by atoms with E-state index in [0.717, 1.165) is 5.69 Å². The average Bonchev–Trinajstić information content (AvgIpc) is 2.64. The lowest BCUT2D eigenvalue weighted by Crippen LogP contribution is -2.01. The van der Waals surface area contributed by atoms with Gasteiger partial charge in [0.25, 0.3) is 0 Å². The molecule has 1 heterocycles. The van der Waals surface area contributed by atoms with Crippen LogP contribution in [0.2, 0.25) is 0 Å². The molecule has 0 amide bonds. The molecule has 3 nitrogen and oxygen atoms in total. The second kappa shape index (κ2) is 3.82. The summed E-state index contributed by atoms with van der Waals surface area (Å²) in [4.78, 5) is 0. The van der Waals surface area contributed by atoms with Gasteiger partial charge in [0, 0.05) is 11.8 Å². The van der Waals surface area contributed by atoms with Crippen molar-refractivity contribution in [1.82, 2.24) is 9.78 Å². The first-order valence-corrected chi connectivity index (χ1v) is 4.62. The highest BCUT2D eigenvalue weighted by Gasteiger charge is 2.05. The molecule has 0 saturated heterocycles. The van der Waals surface area contributed by atoms with E-state index in [4.69, 9.17) is 5.11 Å². The van der Waals surface area contributed by atoms with Crippen molar-refractivity contribution in [2.75, 3.05) is 0 Å². The van der Waals surface area contributed by atoms with E-state index in [1.807, 2.05) is 13.0 Å². The number of benzene rings is 1. The highest BCUT2D eigenvalue weighted by molar-refractivity contribution is 5.40. The fourth-order valence-corrected chi connectivity index (χ4v) is 1.45. The van der Waals surface area contributed by atoms with Crippen LogP contribution >= 0.6 is 0 Å². The van der Waals surface area contributed by atoms with E-state index in [9.17, 15) is 4.39 Å². The Labute approximate surface area is 86.8 Å². The van der Waals surface area contributed by atoms with Crippen molar-refractivity contribution in [3.8, 4) is 5.69 Å². The summed E-state index contributed by atoms with van der Waals surface area (Å²) in [6.07, 6.45) is 1.78. The fourth-order valence-electron chi connectivity index (χ4n) is 1.45. The normalized spacial score (nSPS) is 10.6. The number of halogens is 1. The number of aliphatic hydroxyl groups excluding tert-OH is 1. The molecule has 0 radical (unpaired) electrons. The lowest BCUT2D eigenvalue weighted by Gasteiger charge is -2.07. The standard InChI is InChI=1S/C11H11FN2O/c1-8-4-5-14(13-8)11-3-2-10(12)6-9(11)7-15/h2-6,15H,7H2,1H3. The van der Waals surface area contributed by atoms with Gasteiger partial charge in [-0.05, 0) is 31.2 Å². The van der Waals surface area contributed by atoms with E-state index < -0.39 is 0 Å². The molecule has 0 aliphatic rings. The molecule has 15 heavy (non-hydrogen) atoms. The van der Waals surface area contributed by atoms with Crippen LogP contribution in [0.15, 0.2) is 30.5 Å². The molecule has 2 rings (SSSR count). The minimum atomic E-state index is -0.355. The molecule has 0 atom stereocenters. The van der Waals surface area contributed by atoms with Gasteiger partial charge < -0.3 is 5.11 Å². The minimum absolute atomic E-state index is 0.202. The monoisotopic (exact) mass is 206 g/mol. The molecule has 1 aromatic carbocycles. The van der Waals surface area contributed by atoms with Crippen molar-refractivity contribution in [1.29, 1.82) is 0 Å². The maximum absolute atomic E-state index is 12.9. The quantitative estimate of drug-likeness (QED) is 0.813. The molecular weight excluding hydrogens is 195 g/mol. The molecule has 0 saturated carbocycles. The molecule has 0 aliphatic carbocycles. The third-order valence-electron chi connectivity index (χ3n) is 2.18. The SMILES string of the molecule is Cc1ccn(-c2ccc(F)cc2CO)n1. The zero-order chi connectivity index (χ0) is 10.8. The van der Waals surface area contributed by atoms with Gasteiger partial charge in [0.15, 0.2) is 0 Å². The highest BCUT2D eigenvalue weighted by Crippen LogP contribution is 2.15. The van der Waals surface area contributed by atoms with E-state index in [0.29, 0.717) is 11.3 Å². The van der Waals surface area contributed by atoms with E-state index in [1.54, 1.807) is 16.9 Å². The van der Waals surface area contributed by atoms with Crippen LogP contribution in [0, 0.1) is 12.7 Å². The Morgan fingerprint density at radius 2 is 2.20 bits per heavy atom. The van der Waals surface area contributed by atoms with Crippen molar-refractivity contribution >= 4 is 0 Å². The summed E-state index contributed by atoms with van der Waals surface area (Å²) in [5, 5.41) is 13.3. The van der Waals surface area contributed by atoms with Gasteiger partial charge >= 0.3 is 0 Å². The van der Waals surface area contributed by atoms with Crippen LogP contribution in [0.5, 0.6) is 0 Å².